The quantitative estimate of drug-likeness (QED) is 0.718. The number of aromatic amines is 1. The van der Waals surface area contributed by atoms with Crippen molar-refractivity contribution in [2.24, 2.45) is 0 Å². The Hall–Kier alpha value is -3.08. The van der Waals surface area contributed by atoms with Crippen LogP contribution in [0.4, 0.5) is 0 Å². The van der Waals surface area contributed by atoms with Gasteiger partial charge in [-0.2, -0.15) is 0 Å². The van der Waals surface area contributed by atoms with Crippen LogP contribution in [0.1, 0.15) is 34.8 Å². The number of hydrogen-bond acceptors (Lipinski definition) is 3. The molecule has 128 valence electrons. The van der Waals surface area contributed by atoms with Gasteiger partial charge in [0.15, 0.2) is 0 Å². The minimum absolute atomic E-state index is 0.257. The van der Waals surface area contributed by atoms with Crippen molar-refractivity contribution in [3.63, 3.8) is 0 Å². The number of ether oxygens (including phenoxy) is 1. The van der Waals surface area contributed by atoms with Crippen LogP contribution in [0.3, 0.4) is 0 Å². The average Bonchev–Trinajstić information content (AvgIpc) is 2.61. The molecule has 0 fully saturated rings. The van der Waals surface area contributed by atoms with Crippen molar-refractivity contribution in [3.05, 3.63) is 75.6 Å². The Morgan fingerprint density at radius 2 is 1.96 bits per heavy atom. The van der Waals surface area contributed by atoms with Crippen LogP contribution in [-0.2, 0) is 13.0 Å². The molecule has 5 heteroatoms. The van der Waals surface area contributed by atoms with E-state index in [4.69, 9.17) is 9.84 Å². The van der Waals surface area contributed by atoms with Gasteiger partial charge >= 0.3 is 5.97 Å². The number of hydrogen-bond donors (Lipinski definition) is 2. The molecule has 5 nitrogen and oxygen atoms in total. The van der Waals surface area contributed by atoms with Gasteiger partial charge in [-0.05, 0) is 23.6 Å². The molecule has 25 heavy (non-hydrogen) atoms. The number of carboxylic acid groups (broad SMARTS) is 1. The van der Waals surface area contributed by atoms with E-state index < -0.39 is 11.4 Å². The maximum Gasteiger partial charge on any atom is 0.341 e. The standard InChI is InChI=1S/C20H19NO4/c1-2-6-14-9-15-17(21-11-16(19(15)22)20(23)24)10-18(14)25-12-13-7-4-3-5-8-13/h3-5,7-11H,2,6,12H2,1H3,(H,21,22)(H,23,24). The van der Waals surface area contributed by atoms with Crippen LogP contribution in [0, 0.1) is 0 Å². The maximum absolute atomic E-state index is 12.4. The monoisotopic (exact) mass is 337 g/mol. The Balaban J connectivity index is 2.02. The highest BCUT2D eigenvalue weighted by atomic mass is 16.5. The summed E-state index contributed by atoms with van der Waals surface area (Å²) in [5.74, 6) is -0.526. The second-order valence-electron chi connectivity index (χ2n) is 5.87. The number of nitrogens with one attached hydrogen (secondary N) is 1. The fraction of sp³-hybridized carbons (Fsp3) is 0.200. The second kappa shape index (κ2) is 7.21. The molecule has 1 aromatic heterocycles. The highest BCUT2D eigenvalue weighted by Crippen LogP contribution is 2.26. The molecular formula is C20H19NO4. The molecule has 0 amide bonds. The molecule has 0 spiro atoms. The van der Waals surface area contributed by atoms with Crippen molar-refractivity contribution in [2.75, 3.05) is 0 Å². The first-order chi connectivity index (χ1) is 12.1. The molecule has 2 N–H and O–H groups in total. The van der Waals surface area contributed by atoms with Gasteiger partial charge in [0.25, 0.3) is 0 Å². The first kappa shape index (κ1) is 16.8. The molecule has 0 saturated carbocycles. The van der Waals surface area contributed by atoms with Gasteiger partial charge in [0, 0.05) is 17.6 Å². The fourth-order valence-electron chi connectivity index (χ4n) is 2.79. The number of fused-ring (bicyclic) bond motifs is 1. The van der Waals surface area contributed by atoms with Gasteiger partial charge in [-0.25, -0.2) is 4.79 Å². The van der Waals surface area contributed by atoms with Gasteiger partial charge < -0.3 is 14.8 Å². The first-order valence-corrected chi connectivity index (χ1v) is 8.18. The number of aromatic nitrogens is 1. The molecule has 1 heterocycles. The Bertz CT molecular complexity index is 961. The van der Waals surface area contributed by atoms with Crippen LogP contribution in [0.5, 0.6) is 5.75 Å². The van der Waals surface area contributed by atoms with E-state index in [1.807, 2.05) is 37.3 Å². The van der Waals surface area contributed by atoms with E-state index in [1.54, 1.807) is 12.1 Å². The number of benzene rings is 2. The molecule has 0 aliphatic carbocycles. The molecule has 0 unspecified atom stereocenters. The van der Waals surface area contributed by atoms with Crippen molar-refractivity contribution >= 4 is 16.9 Å². The molecule has 3 aromatic rings. The molecule has 0 aliphatic heterocycles. The van der Waals surface area contributed by atoms with E-state index in [0.29, 0.717) is 23.3 Å². The largest absolute Gasteiger partial charge is 0.489 e. The number of carbonyl (C=O) groups is 1. The van der Waals surface area contributed by atoms with E-state index in [1.165, 1.54) is 6.20 Å². The summed E-state index contributed by atoms with van der Waals surface area (Å²) in [6.45, 7) is 2.48. The minimum Gasteiger partial charge on any atom is -0.489 e. The second-order valence-corrected chi connectivity index (χ2v) is 5.87. The Morgan fingerprint density at radius 1 is 1.20 bits per heavy atom. The van der Waals surface area contributed by atoms with Gasteiger partial charge in [0.2, 0.25) is 5.43 Å². The number of aromatic carboxylic acids is 1. The summed E-state index contributed by atoms with van der Waals surface area (Å²) in [7, 11) is 0. The third kappa shape index (κ3) is 3.55. The summed E-state index contributed by atoms with van der Waals surface area (Å²) >= 11 is 0. The summed E-state index contributed by atoms with van der Waals surface area (Å²) in [6, 6.07) is 13.4. The average molecular weight is 337 g/mol. The summed E-state index contributed by atoms with van der Waals surface area (Å²) in [5.41, 5.74) is 1.79. The van der Waals surface area contributed by atoms with Crippen LogP contribution in [0.15, 0.2) is 53.5 Å². The van der Waals surface area contributed by atoms with Crippen LogP contribution >= 0.6 is 0 Å². The number of pyridine rings is 1. The predicted molar refractivity (Wildman–Crippen MR) is 96.3 cm³/mol. The lowest BCUT2D eigenvalue weighted by Gasteiger charge is -2.13. The fourth-order valence-corrected chi connectivity index (χ4v) is 2.79. The Kier molecular flexibility index (Phi) is 4.84. The topological polar surface area (TPSA) is 79.4 Å². The molecule has 0 atom stereocenters. The normalized spacial score (nSPS) is 10.8. The van der Waals surface area contributed by atoms with Crippen LogP contribution in [0.2, 0.25) is 0 Å². The molecule has 0 saturated heterocycles. The third-order valence-electron chi connectivity index (χ3n) is 4.05. The van der Waals surface area contributed by atoms with Crippen LogP contribution in [-0.4, -0.2) is 16.1 Å². The first-order valence-electron chi connectivity index (χ1n) is 8.18. The van der Waals surface area contributed by atoms with Gasteiger partial charge in [0.05, 0.1) is 5.52 Å². The van der Waals surface area contributed by atoms with Crippen molar-refractivity contribution in [3.8, 4) is 5.75 Å². The number of rotatable bonds is 6. The van der Waals surface area contributed by atoms with Crippen molar-refractivity contribution in [2.45, 2.75) is 26.4 Å². The van der Waals surface area contributed by atoms with Crippen molar-refractivity contribution in [1.82, 2.24) is 4.98 Å². The minimum atomic E-state index is -1.23. The third-order valence-corrected chi connectivity index (χ3v) is 4.05. The maximum atomic E-state index is 12.4. The van der Waals surface area contributed by atoms with E-state index in [9.17, 15) is 9.59 Å². The molecule has 0 aliphatic rings. The lowest BCUT2D eigenvalue weighted by molar-refractivity contribution is 0.0695. The Labute approximate surface area is 144 Å². The zero-order valence-electron chi connectivity index (χ0n) is 13.9. The van der Waals surface area contributed by atoms with E-state index >= 15 is 0 Å². The molecule has 0 bridgehead atoms. The summed E-state index contributed by atoms with van der Waals surface area (Å²) in [6.07, 6.45) is 2.87. The van der Waals surface area contributed by atoms with E-state index in [2.05, 4.69) is 4.98 Å². The number of H-pyrrole nitrogens is 1. The smallest absolute Gasteiger partial charge is 0.341 e. The van der Waals surface area contributed by atoms with Crippen LogP contribution in [0.25, 0.3) is 10.9 Å². The van der Waals surface area contributed by atoms with Gasteiger partial charge in [-0.1, -0.05) is 43.7 Å². The number of aryl methyl sites for hydroxylation is 1. The summed E-state index contributed by atoms with van der Waals surface area (Å²) < 4.78 is 5.96. The zero-order chi connectivity index (χ0) is 17.8. The molecular weight excluding hydrogens is 318 g/mol. The molecule has 0 radical (unpaired) electrons. The highest BCUT2D eigenvalue weighted by molar-refractivity contribution is 5.92. The van der Waals surface area contributed by atoms with Crippen molar-refractivity contribution in [1.29, 1.82) is 0 Å². The van der Waals surface area contributed by atoms with E-state index in [-0.39, 0.29) is 5.56 Å². The summed E-state index contributed by atoms with van der Waals surface area (Å²) in [4.78, 5) is 26.4. The number of carboxylic acids is 1. The van der Waals surface area contributed by atoms with Gasteiger partial charge in [-0.3, -0.25) is 4.79 Å². The van der Waals surface area contributed by atoms with Crippen LogP contribution < -0.4 is 10.2 Å². The highest BCUT2D eigenvalue weighted by Gasteiger charge is 2.14. The predicted octanol–water partition coefficient (Wildman–Crippen LogP) is 3.76. The van der Waals surface area contributed by atoms with Gasteiger partial charge in [0.1, 0.15) is 17.9 Å². The van der Waals surface area contributed by atoms with E-state index in [0.717, 1.165) is 24.0 Å². The lowest BCUT2D eigenvalue weighted by atomic mass is 10.0. The van der Waals surface area contributed by atoms with Crippen molar-refractivity contribution < 1.29 is 14.6 Å². The lowest BCUT2D eigenvalue weighted by Crippen LogP contribution is -2.15. The molecule has 3 rings (SSSR count). The molecule has 2 aromatic carbocycles. The SMILES string of the molecule is CCCc1cc2c(=O)c(C(=O)O)c[nH]c2cc1OCc1ccccc1. The zero-order valence-corrected chi connectivity index (χ0v) is 13.9. The van der Waals surface area contributed by atoms with Gasteiger partial charge in [-0.15, -0.1) is 0 Å². The Morgan fingerprint density at radius 3 is 2.64 bits per heavy atom. The summed E-state index contributed by atoms with van der Waals surface area (Å²) in [5, 5.41) is 9.49.